The van der Waals surface area contributed by atoms with E-state index in [0.717, 1.165) is 11.4 Å². The lowest BCUT2D eigenvalue weighted by atomic mass is 10.2. The van der Waals surface area contributed by atoms with Crippen molar-refractivity contribution < 1.29 is 9.59 Å². The highest BCUT2D eigenvalue weighted by molar-refractivity contribution is 5.98. The first-order valence-electron chi connectivity index (χ1n) is 8.04. The summed E-state index contributed by atoms with van der Waals surface area (Å²) >= 11 is 0. The van der Waals surface area contributed by atoms with Crippen LogP contribution in [0.25, 0.3) is 0 Å². The van der Waals surface area contributed by atoms with Crippen molar-refractivity contribution in [3.05, 3.63) is 89.8 Å². The van der Waals surface area contributed by atoms with Crippen LogP contribution in [0.4, 0.5) is 0 Å². The minimum atomic E-state index is -0.366. The predicted octanol–water partition coefficient (Wildman–Crippen LogP) is 1.73. The summed E-state index contributed by atoms with van der Waals surface area (Å²) in [6, 6.07) is 14.0. The largest absolute Gasteiger partial charge is 0.346 e. The molecule has 0 saturated heterocycles. The third-order valence-corrected chi connectivity index (χ3v) is 3.57. The topological polar surface area (TPSA) is 96.9 Å². The molecule has 0 bridgehead atoms. The van der Waals surface area contributed by atoms with Crippen LogP contribution >= 0.6 is 0 Å². The molecule has 3 rings (SSSR count). The minimum absolute atomic E-state index is 0.173. The first-order valence-corrected chi connectivity index (χ1v) is 8.04. The fraction of sp³-hybridized carbons (Fsp3) is 0.105. The summed E-state index contributed by atoms with van der Waals surface area (Å²) in [5, 5.41) is 5.50. The van der Waals surface area contributed by atoms with Gasteiger partial charge in [-0.15, -0.1) is 0 Å². The molecule has 130 valence electrons. The molecule has 0 radical (unpaired) electrons. The van der Waals surface area contributed by atoms with Gasteiger partial charge in [-0.1, -0.05) is 12.1 Å². The summed E-state index contributed by atoms with van der Waals surface area (Å²) in [4.78, 5) is 36.8. The molecule has 2 N–H and O–H groups in total. The van der Waals surface area contributed by atoms with E-state index in [1.165, 1.54) is 12.3 Å². The zero-order valence-electron chi connectivity index (χ0n) is 13.9. The molecule has 7 heteroatoms. The predicted molar refractivity (Wildman–Crippen MR) is 95.1 cm³/mol. The number of nitrogens with zero attached hydrogens (tertiary/aromatic N) is 3. The second-order valence-electron chi connectivity index (χ2n) is 5.44. The number of hydrogen-bond donors (Lipinski definition) is 2. The zero-order valence-corrected chi connectivity index (χ0v) is 13.9. The number of amides is 2. The van der Waals surface area contributed by atoms with Gasteiger partial charge in [0.25, 0.3) is 11.8 Å². The fourth-order valence-corrected chi connectivity index (χ4v) is 2.24. The number of aromatic nitrogens is 3. The highest BCUT2D eigenvalue weighted by Crippen LogP contribution is 2.04. The second-order valence-corrected chi connectivity index (χ2v) is 5.44. The van der Waals surface area contributed by atoms with Gasteiger partial charge in [-0.05, 0) is 36.4 Å². The van der Waals surface area contributed by atoms with Crippen molar-refractivity contribution in [2.75, 3.05) is 0 Å². The first-order chi connectivity index (χ1) is 12.7. The van der Waals surface area contributed by atoms with Crippen LogP contribution in [0, 0.1) is 0 Å². The van der Waals surface area contributed by atoms with E-state index in [0.29, 0.717) is 12.1 Å². The van der Waals surface area contributed by atoms with Gasteiger partial charge in [-0.3, -0.25) is 24.5 Å². The van der Waals surface area contributed by atoms with Crippen LogP contribution in [0.2, 0.25) is 0 Å². The van der Waals surface area contributed by atoms with Crippen molar-refractivity contribution >= 4 is 11.8 Å². The van der Waals surface area contributed by atoms with Crippen LogP contribution in [0.5, 0.6) is 0 Å². The molecular weight excluding hydrogens is 330 g/mol. The summed E-state index contributed by atoms with van der Waals surface area (Å²) < 4.78 is 0. The Morgan fingerprint density at radius 1 is 0.731 bits per heavy atom. The van der Waals surface area contributed by atoms with E-state index in [9.17, 15) is 9.59 Å². The van der Waals surface area contributed by atoms with E-state index in [1.807, 2.05) is 30.3 Å². The molecule has 3 heterocycles. The Morgan fingerprint density at radius 3 is 1.92 bits per heavy atom. The van der Waals surface area contributed by atoms with Crippen LogP contribution in [0.1, 0.15) is 32.2 Å². The van der Waals surface area contributed by atoms with Gasteiger partial charge in [0, 0.05) is 24.2 Å². The van der Waals surface area contributed by atoms with Crippen molar-refractivity contribution in [3.8, 4) is 0 Å². The Balaban J connectivity index is 1.60. The number of carbonyl (C=O) groups excluding carboxylic acids is 2. The monoisotopic (exact) mass is 347 g/mol. The highest BCUT2D eigenvalue weighted by atomic mass is 16.2. The third-order valence-electron chi connectivity index (χ3n) is 3.57. The van der Waals surface area contributed by atoms with E-state index in [2.05, 4.69) is 25.6 Å². The van der Waals surface area contributed by atoms with Crippen molar-refractivity contribution in [1.82, 2.24) is 25.6 Å². The number of rotatable bonds is 6. The molecule has 0 saturated carbocycles. The number of hydrogen-bond acceptors (Lipinski definition) is 5. The summed E-state index contributed by atoms with van der Waals surface area (Å²) in [6.07, 6.45) is 4.76. The smallest absolute Gasteiger partial charge is 0.270 e. The molecular formula is C19H17N5O2. The normalized spacial score (nSPS) is 10.2. The molecule has 0 aromatic carbocycles. The zero-order chi connectivity index (χ0) is 18.2. The maximum atomic E-state index is 12.3. The van der Waals surface area contributed by atoms with Gasteiger partial charge < -0.3 is 10.6 Å². The van der Waals surface area contributed by atoms with E-state index in [-0.39, 0.29) is 24.1 Å². The second kappa shape index (κ2) is 8.48. The van der Waals surface area contributed by atoms with Gasteiger partial charge in [-0.2, -0.15) is 0 Å². The highest BCUT2D eigenvalue weighted by Gasteiger charge is 2.12. The standard InChI is InChI=1S/C19H17N5O2/c25-18(23-12-15-5-1-3-8-20-15)14-7-10-22-17(11-14)19(26)24-13-16-6-2-4-9-21-16/h1-11H,12-13H2,(H,23,25)(H,24,26). The molecule has 2 amide bonds. The van der Waals surface area contributed by atoms with Crippen molar-refractivity contribution in [1.29, 1.82) is 0 Å². The van der Waals surface area contributed by atoms with Crippen LogP contribution in [0.15, 0.2) is 67.1 Å². The molecule has 0 atom stereocenters. The van der Waals surface area contributed by atoms with Crippen molar-refractivity contribution in [2.45, 2.75) is 13.1 Å². The Hall–Kier alpha value is -3.61. The molecule has 7 nitrogen and oxygen atoms in total. The first kappa shape index (κ1) is 17.2. The lowest BCUT2D eigenvalue weighted by Gasteiger charge is -2.07. The molecule has 0 aliphatic rings. The van der Waals surface area contributed by atoms with Crippen LogP contribution in [-0.4, -0.2) is 26.8 Å². The minimum Gasteiger partial charge on any atom is -0.346 e. The maximum absolute atomic E-state index is 12.3. The number of carbonyl (C=O) groups is 2. The quantitative estimate of drug-likeness (QED) is 0.708. The molecule has 0 fully saturated rings. The molecule has 0 spiro atoms. The average Bonchev–Trinajstić information content (AvgIpc) is 2.72. The van der Waals surface area contributed by atoms with Gasteiger partial charge in [0.05, 0.1) is 24.5 Å². The van der Waals surface area contributed by atoms with Gasteiger partial charge in [-0.25, -0.2) is 0 Å². The third kappa shape index (κ3) is 4.70. The average molecular weight is 347 g/mol. The number of nitrogens with one attached hydrogen (secondary N) is 2. The Bertz CT molecular complexity index is 814. The van der Waals surface area contributed by atoms with Crippen LogP contribution in [-0.2, 0) is 13.1 Å². The Morgan fingerprint density at radius 2 is 1.35 bits per heavy atom. The molecule has 0 aliphatic carbocycles. The summed E-state index contributed by atoms with van der Waals surface area (Å²) in [7, 11) is 0. The van der Waals surface area contributed by atoms with E-state index < -0.39 is 0 Å². The number of pyridine rings is 3. The van der Waals surface area contributed by atoms with Gasteiger partial charge >= 0.3 is 0 Å². The summed E-state index contributed by atoms with van der Waals surface area (Å²) in [5.74, 6) is -0.660. The van der Waals surface area contributed by atoms with Crippen LogP contribution < -0.4 is 10.6 Å². The molecule has 26 heavy (non-hydrogen) atoms. The lowest BCUT2D eigenvalue weighted by molar-refractivity contribution is 0.0945. The van der Waals surface area contributed by atoms with E-state index in [1.54, 1.807) is 24.5 Å². The van der Waals surface area contributed by atoms with Crippen molar-refractivity contribution in [2.24, 2.45) is 0 Å². The van der Waals surface area contributed by atoms with E-state index in [4.69, 9.17) is 0 Å². The Kier molecular flexibility index (Phi) is 5.61. The molecule has 0 unspecified atom stereocenters. The lowest BCUT2D eigenvalue weighted by Crippen LogP contribution is -2.26. The SMILES string of the molecule is O=C(NCc1ccccn1)c1ccnc(C(=O)NCc2ccccn2)c1. The van der Waals surface area contributed by atoms with Crippen molar-refractivity contribution in [3.63, 3.8) is 0 Å². The Labute approximate surface area is 150 Å². The van der Waals surface area contributed by atoms with E-state index >= 15 is 0 Å². The molecule has 3 aromatic rings. The summed E-state index contributed by atoms with van der Waals surface area (Å²) in [6.45, 7) is 0.598. The molecule has 0 aliphatic heterocycles. The van der Waals surface area contributed by atoms with Gasteiger partial charge in [0.1, 0.15) is 5.69 Å². The molecule has 3 aromatic heterocycles. The maximum Gasteiger partial charge on any atom is 0.270 e. The van der Waals surface area contributed by atoms with Crippen LogP contribution in [0.3, 0.4) is 0 Å². The van der Waals surface area contributed by atoms with Gasteiger partial charge in [0.15, 0.2) is 0 Å². The van der Waals surface area contributed by atoms with Gasteiger partial charge in [0.2, 0.25) is 0 Å². The fourth-order valence-electron chi connectivity index (χ4n) is 2.24. The summed E-state index contributed by atoms with van der Waals surface area (Å²) in [5.41, 5.74) is 2.03.